The Morgan fingerprint density at radius 1 is 0.968 bits per heavy atom. The van der Waals surface area contributed by atoms with Gasteiger partial charge in [0.2, 0.25) is 0 Å². The quantitative estimate of drug-likeness (QED) is 0.523. The summed E-state index contributed by atoms with van der Waals surface area (Å²) in [4.78, 5) is 16.5. The normalized spacial score (nSPS) is 15.1. The number of fused-ring (bicyclic) bond motifs is 3. The number of halogens is 3. The van der Waals surface area contributed by atoms with Crippen LogP contribution in [0.1, 0.15) is 5.56 Å². The number of alkyl halides is 3. The van der Waals surface area contributed by atoms with Gasteiger partial charge in [0.1, 0.15) is 23.1 Å². The number of benzene rings is 2. The molecule has 1 aliphatic rings. The van der Waals surface area contributed by atoms with Gasteiger partial charge in [-0.2, -0.15) is 13.2 Å². The monoisotopic (exact) mass is 427 g/mol. The topological polar surface area (TPSA) is 57.3 Å². The van der Waals surface area contributed by atoms with Crippen molar-refractivity contribution < 1.29 is 17.9 Å². The minimum Gasteiger partial charge on any atom is -0.497 e. The number of hydrogen-bond donors (Lipinski definition) is 1. The SMILES string of the molecule is COc1ccc2c(c1)[nH]c1c(N3CCN(c4cccc(C(F)(F)F)c4)CC3)ncnc12. The van der Waals surface area contributed by atoms with E-state index in [2.05, 4.69) is 19.9 Å². The van der Waals surface area contributed by atoms with E-state index in [-0.39, 0.29) is 0 Å². The van der Waals surface area contributed by atoms with Crippen molar-refractivity contribution in [2.45, 2.75) is 6.18 Å². The zero-order chi connectivity index (χ0) is 21.6. The van der Waals surface area contributed by atoms with Crippen molar-refractivity contribution >= 4 is 33.4 Å². The molecule has 1 N–H and O–H groups in total. The number of hydrogen-bond acceptors (Lipinski definition) is 5. The molecule has 0 aliphatic carbocycles. The molecule has 1 saturated heterocycles. The van der Waals surface area contributed by atoms with Crippen LogP contribution in [0, 0.1) is 0 Å². The van der Waals surface area contributed by atoms with Crippen LogP contribution >= 0.6 is 0 Å². The summed E-state index contributed by atoms with van der Waals surface area (Å²) in [5.74, 6) is 1.55. The second-order valence-electron chi connectivity index (χ2n) is 7.48. The van der Waals surface area contributed by atoms with Crippen molar-refractivity contribution in [2.75, 3.05) is 43.1 Å². The first-order valence-electron chi connectivity index (χ1n) is 9.91. The highest BCUT2D eigenvalue weighted by Crippen LogP contribution is 2.33. The second-order valence-corrected chi connectivity index (χ2v) is 7.48. The lowest BCUT2D eigenvalue weighted by atomic mass is 10.1. The molecule has 0 bridgehead atoms. The molecule has 0 spiro atoms. The van der Waals surface area contributed by atoms with Gasteiger partial charge in [-0.3, -0.25) is 0 Å². The summed E-state index contributed by atoms with van der Waals surface area (Å²) in [5.41, 5.74) is 2.55. The highest BCUT2D eigenvalue weighted by Gasteiger charge is 2.31. The van der Waals surface area contributed by atoms with Crippen molar-refractivity contribution in [1.82, 2.24) is 15.0 Å². The molecule has 0 saturated carbocycles. The van der Waals surface area contributed by atoms with E-state index in [0.29, 0.717) is 31.9 Å². The first-order valence-corrected chi connectivity index (χ1v) is 9.91. The molecule has 0 unspecified atom stereocenters. The molecule has 0 radical (unpaired) electrons. The fraction of sp³-hybridized carbons (Fsp3) is 0.273. The number of nitrogens with zero attached hydrogens (tertiary/aromatic N) is 4. The number of H-pyrrole nitrogens is 1. The summed E-state index contributed by atoms with van der Waals surface area (Å²) in [6.07, 6.45) is -2.79. The van der Waals surface area contributed by atoms with Crippen LogP contribution in [0.25, 0.3) is 21.9 Å². The maximum atomic E-state index is 13.1. The predicted octanol–water partition coefficient (Wildman–Crippen LogP) is 4.47. The molecule has 160 valence electrons. The Labute approximate surface area is 176 Å². The molecule has 5 rings (SSSR count). The third-order valence-corrected chi connectivity index (χ3v) is 5.69. The third-order valence-electron chi connectivity index (χ3n) is 5.69. The molecule has 31 heavy (non-hydrogen) atoms. The molecule has 4 aromatic rings. The van der Waals surface area contributed by atoms with Crippen LogP contribution in [0.3, 0.4) is 0 Å². The molecule has 2 aromatic heterocycles. The van der Waals surface area contributed by atoms with E-state index in [4.69, 9.17) is 4.74 Å². The van der Waals surface area contributed by atoms with Crippen LogP contribution in [0.5, 0.6) is 5.75 Å². The van der Waals surface area contributed by atoms with Gasteiger partial charge in [-0.05, 0) is 30.3 Å². The third kappa shape index (κ3) is 3.49. The highest BCUT2D eigenvalue weighted by atomic mass is 19.4. The Morgan fingerprint density at radius 3 is 2.48 bits per heavy atom. The van der Waals surface area contributed by atoms with Crippen LogP contribution in [-0.4, -0.2) is 48.2 Å². The lowest BCUT2D eigenvalue weighted by Gasteiger charge is -2.37. The van der Waals surface area contributed by atoms with Crippen LogP contribution in [-0.2, 0) is 6.18 Å². The number of nitrogens with one attached hydrogen (secondary N) is 1. The van der Waals surface area contributed by atoms with E-state index >= 15 is 0 Å². The van der Waals surface area contributed by atoms with Gasteiger partial charge in [0.05, 0.1) is 18.2 Å². The standard InChI is InChI=1S/C22H20F3N5O/c1-31-16-5-6-17-18(12-16)28-20-19(17)26-13-27-21(20)30-9-7-29(8-10-30)15-4-2-3-14(11-15)22(23,24)25/h2-6,11-13,28H,7-10H2,1H3. The van der Waals surface area contributed by atoms with Crippen molar-refractivity contribution in [3.63, 3.8) is 0 Å². The Kier molecular flexibility index (Phi) is 4.60. The zero-order valence-corrected chi connectivity index (χ0v) is 16.8. The lowest BCUT2D eigenvalue weighted by molar-refractivity contribution is -0.137. The van der Waals surface area contributed by atoms with Crippen LogP contribution in [0.15, 0.2) is 48.8 Å². The van der Waals surface area contributed by atoms with Gasteiger partial charge in [0, 0.05) is 43.3 Å². The van der Waals surface area contributed by atoms with Gasteiger partial charge >= 0.3 is 6.18 Å². The van der Waals surface area contributed by atoms with E-state index in [1.165, 1.54) is 12.1 Å². The Hall–Kier alpha value is -3.49. The van der Waals surface area contributed by atoms with E-state index < -0.39 is 11.7 Å². The van der Waals surface area contributed by atoms with Crippen LogP contribution < -0.4 is 14.5 Å². The smallest absolute Gasteiger partial charge is 0.416 e. The molecule has 9 heteroatoms. The molecule has 3 heterocycles. The van der Waals surface area contributed by atoms with Crippen molar-refractivity contribution in [1.29, 1.82) is 0 Å². The summed E-state index contributed by atoms with van der Waals surface area (Å²) in [6.45, 7) is 2.48. The summed E-state index contributed by atoms with van der Waals surface area (Å²) in [7, 11) is 1.62. The number of aromatic nitrogens is 3. The van der Waals surface area contributed by atoms with E-state index in [0.717, 1.165) is 39.6 Å². The lowest BCUT2D eigenvalue weighted by Crippen LogP contribution is -2.47. The molecule has 6 nitrogen and oxygen atoms in total. The van der Waals surface area contributed by atoms with E-state index in [1.54, 1.807) is 19.5 Å². The fourth-order valence-electron chi connectivity index (χ4n) is 4.09. The van der Waals surface area contributed by atoms with Gasteiger partial charge < -0.3 is 19.5 Å². The maximum Gasteiger partial charge on any atom is 0.416 e. The van der Waals surface area contributed by atoms with Crippen molar-refractivity contribution in [3.8, 4) is 5.75 Å². The average Bonchev–Trinajstić information content (AvgIpc) is 3.16. The highest BCUT2D eigenvalue weighted by molar-refractivity contribution is 6.08. The molecular weight excluding hydrogens is 407 g/mol. The van der Waals surface area contributed by atoms with Crippen LogP contribution in [0.2, 0.25) is 0 Å². The predicted molar refractivity (Wildman–Crippen MR) is 114 cm³/mol. The second kappa shape index (κ2) is 7.33. The fourth-order valence-corrected chi connectivity index (χ4v) is 4.09. The number of aromatic amines is 1. The van der Waals surface area contributed by atoms with E-state index in [1.807, 2.05) is 23.1 Å². The summed E-state index contributed by atoms with van der Waals surface area (Å²) >= 11 is 0. The Balaban J connectivity index is 1.41. The summed E-state index contributed by atoms with van der Waals surface area (Å²) < 4.78 is 44.5. The maximum absolute atomic E-state index is 13.1. The van der Waals surface area contributed by atoms with Gasteiger partial charge in [0.25, 0.3) is 0 Å². The number of methoxy groups -OCH3 is 1. The largest absolute Gasteiger partial charge is 0.497 e. The zero-order valence-electron chi connectivity index (χ0n) is 16.8. The van der Waals surface area contributed by atoms with Gasteiger partial charge in [-0.25, -0.2) is 9.97 Å². The number of ether oxygens (including phenoxy) is 1. The molecule has 1 fully saturated rings. The number of anilines is 2. The molecule has 2 aromatic carbocycles. The first kappa shape index (κ1) is 19.5. The van der Waals surface area contributed by atoms with Gasteiger partial charge in [-0.15, -0.1) is 0 Å². The molecular formula is C22H20F3N5O. The minimum atomic E-state index is -4.34. The van der Waals surface area contributed by atoms with Gasteiger partial charge in [0.15, 0.2) is 5.82 Å². The van der Waals surface area contributed by atoms with Gasteiger partial charge in [-0.1, -0.05) is 6.07 Å². The molecule has 1 aliphatic heterocycles. The van der Waals surface area contributed by atoms with Crippen molar-refractivity contribution in [2.24, 2.45) is 0 Å². The molecule has 0 amide bonds. The summed E-state index contributed by atoms with van der Waals surface area (Å²) in [6, 6.07) is 11.3. The minimum absolute atomic E-state index is 0.583. The molecule has 0 atom stereocenters. The first-order chi connectivity index (χ1) is 14.9. The summed E-state index contributed by atoms with van der Waals surface area (Å²) in [5, 5.41) is 0.988. The number of rotatable bonds is 3. The van der Waals surface area contributed by atoms with Crippen molar-refractivity contribution in [3.05, 3.63) is 54.4 Å². The van der Waals surface area contributed by atoms with Crippen LogP contribution in [0.4, 0.5) is 24.7 Å². The Morgan fingerprint density at radius 2 is 1.74 bits per heavy atom. The average molecular weight is 427 g/mol. The Bertz CT molecular complexity index is 1250. The number of piperazine rings is 1. The van der Waals surface area contributed by atoms with E-state index in [9.17, 15) is 13.2 Å².